The van der Waals surface area contributed by atoms with Gasteiger partial charge < -0.3 is 9.64 Å². The molecule has 1 aliphatic rings. The molecule has 0 aliphatic carbocycles. The largest absolute Gasteiger partial charge is 0.490 e. The van der Waals surface area contributed by atoms with Crippen molar-refractivity contribution in [2.75, 3.05) is 20.2 Å². The molecular weight excluding hydrogens is 308 g/mol. The van der Waals surface area contributed by atoms with Gasteiger partial charge in [-0.1, -0.05) is 49.6 Å². The van der Waals surface area contributed by atoms with Gasteiger partial charge in [-0.15, -0.1) is 0 Å². The van der Waals surface area contributed by atoms with Crippen LogP contribution in [0.4, 0.5) is 0 Å². The fourth-order valence-corrected chi connectivity index (χ4v) is 2.93. The molecule has 3 nitrogen and oxygen atoms in total. The van der Waals surface area contributed by atoms with E-state index in [1.807, 2.05) is 6.07 Å². The van der Waals surface area contributed by atoms with Crippen molar-refractivity contribution >= 4 is 11.6 Å². The predicted octanol–water partition coefficient (Wildman–Crippen LogP) is 4.53. The van der Waals surface area contributed by atoms with E-state index in [-0.39, 0.29) is 0 Å². The molecule has 0 amide bonds. The summed E-state index contributed by atoms with van der Waals surface area (Å²) in [4.78, 5) is 6.54. The molecule has 2 heterocycles. The number of halogens is 1. The number of aromatic nitrogens is 1. The van der Waals surface area contributed by atoms with Crippen molar-refractivity contribution < 1.29 is 4.74 Å². The minimum atomic E-state index is 0.455. The lowest BCUT2D eigenvalue weighted by molar-refractivity contribution is 0.198. The molecule has 0 spiro atoms. The fourth-order valence-electron chi connectivity index (χ4n) is 2.78. The van der Waals surface area contributed by atoms with Gasteiger partial charge in [0.15, 0.2) is 0 Å². The molecule has 0 aromatic carbocycles. The summed E-state index contributed by atoms with van der Waals surface area (Å²) in [5.41, 5.74) is 0.763. The molecule has 0 radical (unpaired) electrons. The van der Waals surface area contributed by atoms with E-state index in [4.69, 9.17) is 16.3 Å². The third kappa shape index (κ3) is 6.05. The van der Waals surface area contributed by atoms with Crippen LogP contribution in [-0.2, 0) is 0 Å². The number of hydrogen-bond acceptors (Lipinski definition) is 3. The first-order valence-corrected chi connectivity index (χ1v) is 9.06. The van der Waals surface area contributed by atoms with Crippen molar-refractivity contribution in [3.05, 3.63) is 23.0 Å². The Kier molecular flexibility index (Phi) is 7.71. The molecule has 4 heteroatoms. The van der Waals surface area contributed by atoms with Crippen LogP contribution < -0.4 is 4.74 Å². The van der Waals surface area contributed by atoms with Gasteiger partial charge in [-0.05, 0) is 32.9 Å². The summed E-state index contributed by atoms with van der Waals surface area (Å²) in [6, 6.07) is 2.40. The molecule has 23 heavy (non-hydrogen) atoms. The number of rotatable bonds is 7. The van der Waals surface area contributed by atoms with E-state index in [9.17, 15) is 0 Å². The van der Waals surface area contributed by atoms with Gasteiger partial charge in [0.1, 0.15) is 17.5 Å². The van der Waals surface area contributed by atoms with Crippen molar-refractivity contribution in [3.8, 4) is 17.6 Å². The monoisotopic (exact) mass is 334 g/mol. The molecule has 126 valence electrons. The Labute approximate surface area is 145 Å². The van der Waals surface area contributed by atoms with Crippen molar-refractivity contribution in [1.29, 1.82) is 0 Å². The molecule has 1 aliphatic heterocycles. The summed E-state index contributed by atoms with van der Waals surface area (Å²) in [5.74, 6) is 7.08. The van der Waals surface area contributed by atoms with E-state index in [0.29, 0.717) is 17.8 Å². The van der Waals surface area contributed by atoms with Crippen LogP contribution in [0.1, 0.15) is 57.4 Å². The Morgan fingerprint density at radius 1 is 1.39 bits per heavy atom. The zero-order chi connectivity index (χ0) is 16.5. The first-order chi connectivity index (χ1) is 11.2. The van der Waals surface area contributed by atoms with E-state index >= 15 is 0 Å². The minimum Gasteiger partial charge on any atom is -0.490 e. The highest BCUT2D eigenvalue weighted by molar-refractivity contribution is 6.30. The maximum absolute atomic E-state index is 6.13. The van der Waals surface area contributed by atoms with Crippen LogP contribution >= 0.6 is 11.6 Å². The molecule has 1 fully saturated rings. The summed E-state index contributed by atoms with van der Waals surface area (Å²) < 4.78 is 5.88. The van der Waals surface area contributed by atoms with Crippen molar-refractivity contribution in [3.63, 3.8) is 0 Å². The SMILES string of the molecule is CCCCCCC#Cc1cc(OC[C@@H]2CCCN2C)cnc1Cl. The molecule has 1 saturated heterocycles. The van der Waals surface area contributed by atoms with E-state index in [2.05, 4.69) is 35.7 Å². The lowest BCUT2D eigenvalue weighted by Crippen LogP contribution is -2.30. The second-order valence-electron chi connectivity index (χ2n) is 6.21. The Balaban J connectivity index is 1.86. The standard InChI is InChI=1S/C19H27ClN2O/c1-3-4-5-6-7-8-10-16-13-18(14-21-19(16)20)23-15-17-11-9-12-22(17)2/h13-14,17H,3-7,9,11-12,15H2,1-2H3/t17-/m0/s1. The van der Waals surface area contributed by atoms with Crippen LogP contribution in [-0.4, -0.2) is 36.1 Å². The number of likely N-dealkylation sites (tertiary alicyclic amines) is 1. The molecule has 0 saturated carbocycles. The van der Waals surface area contributed by atoms with Crippen LogP contribution in [0.15, 0.2) is 12.3 Å². The second kappa shape index (κ2) is 9.80. The predicted molar refractivity (Wildman–Crippen MR) is 96.0 cm³/mol. The second-order valence-corrected chi connectivity index (χ2v) is 6.57. The lowest BCUT2D eigenvalue weighted by atomic mass is 10.1. The van der Waals surface area contributed by atoms with E-state index in [0.717, 1.165) is 30.7 Å². The van der Waals surface area contributed by atoms with Crippen LogP contribution in [0.5, 0.6) is 5.75 Å². The Morgan fingerprint density at radius 3 is 3.00 bits per heavy atom. The zero-order valence-corrected chi connectivity index (χ0v) is 15.0. The summed E-state index contributed by atoms with van der Waals surface area (Å²) in [7, 11) is 2.15. The highest BCUT2D eigenvalue weighted by Crippen LogP contribution is 2.21. The van der Waals surface area contributed by atoms with Crippen LogP contribution in [0, 0.1) is 11.8 Å². The number of likely N-dealkylation sites (N-methyl/N-ethyl adjacent to an activating group) is 1. The highest BCUT2D eigenvalue weighted by Gasteiger charge is 2.21. The van der Waals surface area contributed by atoms with Gasteiger partial charge >= 0.3 is 0 Å². The Morgan fingerprint density at radius 2 is 2.26 bits per heavy atom. The molecule has 0 bridgehead atoms. The van der Waals surface area contributed by atoms with Gasteiger partial charge in [-0.25, -0.2) is 4.98 Å². The van der Waals surface area contributed by atoms with E-state index < -0.39 is 0 Å². The number of nitrogens with zero attached hydrogens (tertiary/aromatic N) is 2. The molecule has 0 unspecified atom stereocenters. The van der Waals surface area contributed by atoms with Gasteiger partial charge in [-0.3, -0.25) is 0 Å². The number of unbranched alkanes of at least 4 members (excludes halogenated alkanes) is 4. The summed E-state index contributed by atoms with van der Waals surface area (Å²) in [6.45, 7) is 4.07. The molecule has 1 aromatic heterocycles. The number of pyridine rings is 1. The summed E-state index contributed by atoms with van der Waals surface area (Å²) in [5, 5.41) is 0.455. The fraction of sp³-hybridized carbons (Fsp3) is 0.632. The molecule has 1 aromatic rings. The maximum atomic E-state index is 6.13. The van der Waals surface area contributed by atoms with Gasteiger partial charge in [0.2, 0.25) is 0 Å². The zero-order valence-electron chi connectivity index (χ0n) is 14.3. The van der Waals surface area contributed by atoms with Gasteiger partial charge in [0.25, 0.3) is 0 Å². The smallest absolute Gasteiger partial charge is 0.144 e. The maximum Gasteiger partial charge on any atom is 0.144 e. The van der Waals surface area contributed by atoms with Gasteiger partial charge in [0.05, 0.1) is 11.8 Å². The average molecular weight is 335 g/mol. The summed E-state index contributed by atoms with van der Waals surface area (Å²) in [6.07, 6.45) is 9.96. The van der Waals surface area contributed by atoms with Crippen molar-refractivity contribution in [1.82, 2.24) is 9.88 Å². The first kappa shape index (κ1) is 18.1. The normalized spacial score (nSPS) is 17.8. The van der Waals surface area contributed by atoms with E-state index in [1.54, 1.807) is 6.20 Å². The van der Waals surface area contributed by atoms with Crippen molar-refractivity contribution in [2.24, 2.45) is 0 Å². The van der Waals surface area contributed by atoms with Gasteiger partial charge in [-0.2, -0.15) is 0 Å². The number of ether oxygens (including phenoxy) is 1. The molecule has 2 rings (SSSR count). The van der Waals surface area contributed by atoms with Gasteiger partial charge in [0, 0.05) is 18.5 Å². The molecular formula is C19H27ClN2O. The molecule has 0 N–H and O–H groups in total. The van der Waals surface area contributed by atoms with Crippen LogP contribution in [0.25, 0.3) is 0 Å². The van der Waals surface area contributed by atoms with E-state index in [1.165, 1.54) is 32.1 Å². The van der Waals surface area contributed by atoms with Crippen molar-refractivity contribution in [2.45, 2.75) is 57.9 Å². The minimum absolute atomic E-state index is 0.455. The van der Waals surface area contributed by atoms with Crippen LogP contribution in [0.3, 0.4) is 0 Å². The Hall–Kier alpha value is -1.24. The third-order valence-corrected chi connectivity index (χ3v) is 4.61. The third-order valence-electron chi connectivity index (χ3n) is 4.31. The summed E-state index contributed by atoms with van der Waals surface area (Å²) >= 11 is 6.13. The topological polar surface area (TPSA) is 25.4 Å². The quantitative estimate of drug-likeness (QED) is 0.416. The Bertz CT molecular complexity index is 550. The molecule has 1 atom stereocenters. The average Bonchev–Trinajstić information content (AvgIpc) is 2.96. The van der Waals surface area contributed by atoms with Crippen LogP contribution in [0.2, 0.25) is 5.15 Å². The lowest BCUT2D eigenvalue weighted by Gasteiger charge is -2.19. The first-order valence-electron chi connectivity index (χ1n) is 8.68. The highest BCUT2D eigenvalue weighted by atomic mass is 35.5. The number of hydrogen-bond donors (Lipinski definition) is 0.